The molecule has 0 aromatic carbocycles. The number of carbonyl (C=O) groups excluding carboxylic acids is 1. The maximum absolute atomic E-state index is 11.5. The van der Waals surface area contributed by atoms with Crippen molar-refractivity contribution in [3.8, 4) is 0 Å². The molecule has 2 atom stereocenters. The zero-order valence-corrected chi connectivity index (χ0v) is 9.83. The lowest BCUT2D eigenvalue weighted by molar-refractivity contribution is -0.122. The Kier molecular flexibility index (Phi) is 5.05. The highest BCUT2D eigenvalue weighted by Gasteiger charge is 2.21. The molecule has 1 aliphatic heterocycles. The first-order chi connectivity index (χ1) is 7.13. The number of rotatable bonds is 5. The number of nitrogens with two attached hydrogens (primary N) is 1. The molecule has 1 fully saturated rings. The summed E-state index contributed by atoms with van der Waals surface area (Å²) in [6.07, 6.45) is 2.99. The minimum absolute atomic E-state index is 0.133. The van der Waals surface area contributed by atoms with Crippen LogP contribution in [0.4, 0.5) is 0 Å². The van der Waals surface area contributed by atoms with Crippen molar-refractivity contribution in [2.24, 2.45) is 11.7 Å². The molecule has 0 aromatic rings. The number of nitrogens with one attached hydrogen (secondary N) is 1. The molecule has 0 spiro atoms. The molecular weight excluding hydrogens is 190 g/mol. The summed E-state index contributed by atoms with van der Waals surface area (Å²) in [5.41, 5.74) is 5.47. The predicted molar refractivity (Wildman–Crippen MR) is 61.5 cm³/mol. The fourth-order valence-corrected chi connectivity index (χ4v) is 1.94. The van der Waals surface area contributed by atoms with Crippen LogP contribution in [0.2, 0.25) is 0 Å². The zero-order chi connectivity index (χ0) is 11.3. The Morgan fingerprint density at radius 2 is 2.40 bits per heavy atom. The first-order valence-corrected chi connectivity index (χ1v) is 5.80. The first kappa shape index (κ1) is 12.5. The molecule has 0 bridgehead atoms. The van der Waals surface area contributed by atoms with Crippen LogP contribution in [0, 0.1) is 5.92 Å². The second kappa shape index (κ2) is 6.08. The van der Waals surface area contributed by atoms with E-state index >= 15 is 0 Å². The van der Waals surface area contributed by atoms with Crippen molar-refractivity contribution >= 4 is 5.91 Å². The third kappa shape index (κ3) is 4.18. The van der Waals surface area contributed by atoms with Crippen LogP contribution in [0.15, 0.2) is 0 Å². The minimum atomic E-state index is 0.133. The van der Waals surface area contributed by atoms with Gasteiger partial charge in [0.05, 0.1) is 0 Å². The van der Waals surface area contributed by atoms with Gasteiger partial charge in [-0.05, 0) is 38.9 Å². The molecular formula is C11H23N3O. The van der Waals surface area contributed by atoms with Gasteiger partial charge in [-0.2, -0.15) is 0 Å². The summed E-state index contributed by atoms with van der Waals surface area (Å²) < 4.78 is 0. The summed E-state index contributed by atoms with van der Waals surface area (Å²) in [5, 5.41) is 2.98. The Morgan fingerprint density at radius 1 is 1.67 bits per heavy atom. The number of nitrogens with zero attached hydrogens (tertiary/aromatic N) is 1. The number of hydrogen-bond acceptors (Lipinski definition) is 3. The van der Waals surface area contributed by atoms with Crippen LogP contribution in [0.25, 0.3) is 0 Å². The molecule has 3 N–H and O–H groups in total. The molecule has 88 valence electrons. The Morgan fingerprint density at radius 3 is 2.93 bits per heavy atom. The van der Waals surface area contributed by atoms with E-state index in [9.17, 15) is 4.79 Å². The summed E-state index contributed by atoms with van der Waals surface area (Å²) in [7, 11) is 2.12. The average Bonchev–Trinajstić information content (AvgIpc) is 2.61. The SMILES string of the molecule is CC(CN)CC(=O)NCC1CCCN1C. The summed E-state index contributed by atoms with van der Waals surface area (Å²) >= 11 is 0. The molecule has 4 nitrogen and oxygen atoms in total. The van der Waals surface area contributed by atoms with Gasteiger partial charge in [0, 0.05) is 19.0 Å². The maximum Gasteiger partial charge on any atom is 0.220 e. The van der Waals surface area contributed by atoms with Gasteiger partial charge in [-0.25, -0.2) is 0 Å². The van der Waals surface area contributed by atoms with Crippen molar-refractivity contribution in [3.63, 3.8) is 0 Å². The standard InChI is InChI=1S/C11H23N3O/c1-9(7-12)6-11(15)13-8-10-4-3-5-14(10)2/h9-10H,3-8,12H2,1-2H3,(H,13,15). The molecule has 1 aliphatic rings. The van der Waals surface area contributed by atoms with Crippen LogP contribution in [0.5, 0.6) is 0 Å². The van der Waals surface area contributed by atoms with Crippen LogP contribution in [-0.4, -0.2) is 43.5 Å². The quantitative estimate of drug-likeness (QED) is 0.685. The molecule has 2 unspecified atom stereocenters. The fourth-order valence-electron chi connectivity index (χ4n) is 1.94. The van der Waals surface area contributed by atoms with Gasteiger partial charge in [-0.15, -0.1) is 0 Å². The second-order valence-corrected chi connectivity index (χ2v) is 4.63. The van der Waals surface area contributed by atoms with Crippen LogP contribution in [-0.2, 0) is 4.79 Å². The number of likely N-dealkylation sites (tertiary alicyclic amines) is 1. The first-order valence-electron chi connectivity index (χ1n) is 5.80. The van der Waals surface area contributed by atoms with E-state index in [-0.39, 0.29) is 11.8 Å². The van der Waals surface area contributed by atoms with Gasteiger partial charge in [0.1, 0.15) is 0 Å². The highest BCUT2D eigenvalue weighted by Crippen LogP contribution is 2.13. The lowest BCUT2D eigenvalue weighted by atomic mass is 10.1. The van der Waals surface area contributed by atoms with E-state index in [4.69, 9.17) is 5.73 Å². The maximum atomic E-state index is 11.5. The fraction of sp³-hybridized carbons (Fsp3) is 0.909. The Bertz CT molecular complexity index is 208. The van der Waals surface area contributed by atoms with E-state index in [1.165, 1.54) is 12.8 Å². The van der Waals surface area contributed by atoms with Crippen molar-refractivity contribution in [2.75, 3.05) is 26.7 Å². The minimum Gasteiger partial charge on any atom is -0.355 e. The number of amides is 1. The lowest BCUT2D eigenvalue weighted by Crippen LogP contribution is -2.38. The van der Waals surface area contributed by atoms with Crippen LogP contribution < -0.4 is 11.1 Å². The predicted octanol–water partition coefficient (Wildman–Crippen LogP) is 0.182. The number of likely N-dealkylation sites (N-methyl/N-ethyl adjacent to an activating group) is 1. The molecule has 0 aliphatic carbocycles. The van der Waals surface area contributed by atoms with E-state index in [0.29, 0.717) is 19.0 Å². The number of carbonyl (C=O) groups is 1. The Balaban J connectivity index is 2.16. The van der Waals surface area contributed by atoms with E-state index < -0.39 is 0 Å². The topological polar surface area (TPSA) is 58.4 Å². The molecule has 0 saturated carbocycles. The third-order valence-corrected chi connectivity index (χ3v) is 3.14. The molecule has 0 aromatic heterocycles. The largest absolute Gasteiger partial charge is 0.355 e. The zero-order valence-electron chi connectivity index (χ0n) is 9.83. The van der Waals surface area contributed by atoms with E-state index in [1.54, 1.807) is 0 Å². The van der Waals surface area contributed by atoms with Gasteiger partial charge in [-0.3, -0.25) is 4.79 Å². The lowest BCUT2D eigenvalue weighted by Gasteiger charge is -2.20. The van der Waals surface area contributed by atoms with Crippen LogP contribution in [0.3, 0.4) is 0 Å². The van der Waals surface area contributed by atoms with Gasteiger partial charge in [-0.1, -0.05) is 6.92 Å². The molecule has 15 heavy (non-hydrogen) atoms. The van der Waals surface area contributed by atoms with Crippen molar-refractivity contribution < 1.29 is 4.79 Å². The van der Waals surface area contributed by atoms with Gasteiger partial charge < -0.3 is 16.0 Å². The van der Waals surface area contributed by atoms with Crippen molar-refractivity contribution in [1.29, 1.82) is 0 Å². The van der Waals surface area contributed by atoms with Crippen molar-refractivity contribution in [1.82, 2.24) is 10.2 Å². The molecule has 1 saturated heterocycles. The van der Waals surface area contributed by atoms with Crippen LogP contribution in [0.1, 0.15) is 26.2 Å². The Hall–Kier alpha value is -0.610. The molecule has 1 rings (SSSR count). The van der Waals surface area contributed by atoms with Gasteiger partial charge in [0.25, 0.3) is 0 Å². The highest BCUT2D eigenvalue weighted by molar-refractivity contribution is 5.76. The summed E-state index contributed by atoms with van der Waals surface area (Å²) in [5.74, 6) is 0.416. The normalized spacial score (nSPS) is 24.1. The monoisotopic (exact) mass is 213 g/mol. The Labute approximate surface area is 92.2 Å². The van der Waals surface area contributed by atoms with Crippen molar-refractivity contribution in [2.45, 2.75) is 32.2 Å². The summed E-state index contributed by atoms with van der Waals surface area (Å²) in [6, 6.07) is 0.530. The van der Waals surface area contributed by atoms with Gasteiger partial charge in [0.2, 0.25) is 5.91 Å². The molecule has 1 amide bonds. The smallest absolute Gasteiger partial charge is 0.220 e. The third-order valence-electron chi connectivity index (χ3n) is 3.14. The van der Waals surface area contributed by atoms with Gasteiger partial charge >= 0.3 is 0 Å². The summed E-state index contributed by atoms with van der Waals surface area (Å²) in [6.45, 7) is 4.52. The molecule has 1 heterocycles. The highest BCUT2D eigenvalue weighted by atomic mass is 16.1. The second-order valence-electron chi connectivity index (χ2n) is 4.63. The van der Waals surface area contributed by atoms with E-state index in [2.05, 4.69) is 17.3 Å². The van der Waals surface area contributed by atoms with Gasteiger partial charge in [0.15, 0.2) is 0 Å². The molecule has 4 heteroatoms. The van der Waals surface area contributed by atoms with E-state index in [0.717, 1.165) is 13.1 Å². The number of hydrogen-bond donors (Lipinski definition) is 2. The van der Waals surface area contributed by atoms with E-state index in [1.807, 2.05) is 6.92 Å². The van der Waals surface area contributed by atoms with Crippen molar-refractivity contribution in [3.05, 3.63) is 0 Å². The average molecular weight is 213 g/mol. The molecule has 0 radical (unpaired) electrons. The van der Waals surface area contributed by atoms with Crippen LogP contribution >= 0.6 is 0 Å². The summed E-state index contributed by atoms with van der Waals surface area (Å²) in [4.78, 5) is 13.8.